The Balaban J connectivity index is 2.10. The van der Waals surface area contributed by atoms with Crippen molar-refractivity contribution >= 4 is 12.0 Å². The quantitative estimate of drug-likeness (QED) is 0.634. The molecular weight excluding hydrogens is 260 g/mol. The van der Waals surface area contributed by atoms with Crippen molar-refractivity contribution in [2.45, 2.75) is 51.6 Å². The maximum atomic E-state index is 12.0. The number of hydrogen-bond acceptors (Lipinski definition) is 3. The number of carbonyl (C=O) groups excluding carboxylic acids is 1. The molecule has 0 radical (unpaired) electrons. The second kappa shape index (κ2) is 9.58. The summed E-state index contributed by atoms with van der Waals surface area (Å²) in [6, 6.07) is -0.0544. The van der Waals surface area contributed by atoms with Gasteiger partial charge in [-0.3, -0.25) is 4.79 Å². The summed E-state index contributed by atoms with van der Waals surface area (Å²) in [5, 5.41) is 11.4. The van der Waals surface area contributed by atoms with Crippen molar-refractivity contribution in [2.24, 2.45) is 0 Å². The largest absolute Gasteiger partial charge is 0.481 e. The summed E-state index contributed by atoms with van der Waals surface area (Å²) in [7, 11) is 0. The highest BCUT2D eigenvalue weighted by atomic mass is 16.5. The molecule has 116 valence electrons. The molecule has 1 aliphatic heterocycles. The van der Waals surface area contributed by atoms with Crippen molar-refractivity contribution in [3.8, 4) is 0 Å². The number of amides is 2. The molecule has 1 saturated heterocycles. The molecule has 6 heteroatoms. The van der Waals surface area contributed by atoms with Crippen LogP contribution in [0.3, 0.4) is 0 Å². The van der Waals surface area contributed by atoms with E-state index in [9.17, 15) is 9.59 Å². The lowest BCUT2D eigenvalue weighted by atomic mass is 10.2. The van der Waals surface area contributed by atoms with E-state index in [1.165, 1.54) is 0 Å². The van der Waals surface area contributed by atoms with Gasteiger partial charge in [0, 0.05) is 32.7 Å². The number of carboxylic acid groups (broad SMARTS) is 1. The number of aliphatic carboxylic acids is 1. The number of nitrogens with zero attached hydrogens (tertiary/aromatic N) is 1. The number of hydrogen-bond donors (Lipinski definition) is 2. The van der Waals surface area contributed by atoms with Crippen LogP contribution in [0.2, 0.25) is 0 Å². The van der Waals surface area contributed by atoms with Gasteiger partial charge in [0.2, 0.25) is 0 Å². The fourth-order valence-corrected chi connectivity index (χ4v) is 2.27. The third-order valence-corrected chi connectivity index (χ3v) is 3.46. The van der Waals surface area contributed by atoms with Crippen LogP contribution >= 0.6 is 0 Å². The molecule has 0 aromatic carbocycles. The number of carboxylic acids is 1. The van der Waals surface area contributed by atoms with Crippen LogP contribution in [0.15, 0.2) is 0 Å². The van der Waals surface area contributed by atoms with Gasteiger partial charge in [0.05, 0.1) is 6.10 Å². The first-order chi connectivity index (χ1) is 9.63. The van der Waals surface area contributed by atoms with Crippen LogP contribution in [-0.2, 0) is 9.53 Å². The zero-order valence-corrected chi connectivity index (χ0v) is 12.3. The van der Waals surface area contributed by atoms with Crippen molar-refractivity contribution in [1.29, 1.82) is 0 Å². The van der Waals surface area contributed by atoms with Crippen LogP contribution in [-0.4, -0.2) is 54.4 Å². The van der Waals surface area contributed by atoms with Gasteiger partial charge >= 0.3 is 12.0 Å². The number of urea groups is 1. The van der Waals surface area contributed by atoms with Crippen molar-refractivity contribution in [2.75, 3.05) is 26.2 Å². The second-order valence-corrected chi connectivity index (χ2v) is 5.11. The fourth-order valence-electron chi connectivity index (χ4n) is 2.27. The summed E-state index contributed by atoms with van der Waals surface area (Å²) in [4.78, 5) is 24.1. The molecule has 1 unspecified atom stereocenters. The van der Waals surface area contributed by atoms with Crippen LogP contribution in [0.1, 0.15) is 45.4 Å². The molecule has 1 fully saturated rings. The summed E-state index contributed by atoms with van der Waals surface area (Å²) >= 11 is 0. The molecule has 0 saturated carbocycles. The van der Waals surface area contributed by atoms with Crippen LogP contribution < -0.4 is 5.32 Å². The van der Waals surface area contributed by atoms with Gasteiger partial charge in [0.1, 0.15) is 0 Å². The van der Waals surface area contributed by atoms with Gasteiger partial charge < -0.3 is 20.1 Å². The molecule has 1 aliphatic rings. The molecule has 0 spiro atoms. The number of likely N-dealkylation sites (N-methyl/N-ethyl adjacent to an activating group) is 1. The third kappa shape index (κ3) is 6.75. The van der Waals surface area contributed by atoms with Gasteiger partial charge in [-0.05, 0) is 32.6 Å². The normalized spacial score (nSPS) is 17.9. The molecule has 1 atom stereocenters. The molecule has 6 nitrogen and oxygen atoms in total. The Kier molecular flexibility index (Phi) is 8.02. The highest BCUT2D eigenvalue weighted by Crippen LogP contribution is 2.13. The standard InChI is InChI=1S/C14H26N2O4/c1-2-16(11-12-7-6-10-20-12)14(19)15-9-5-3-4-8-13(17)18/h12H,2-11H2,1H3,(H,15,19)(H,17,18). The van der Waals surface area contributed by atoms with Gasteiger partial charge in [-0.2, -0.15) is 0 Å². The highest BCUT2D eigenvalue weighted by Gasteiger charge is 2.21. The first kappa shape index (κ1) is 16.8. The molecule has 0 bridgehead atoms. The minimum atomic E-state index is -0.761. The SMILES string of the molecule is CCN(CC1CCCO1)C(=O)NCCCCCC(=O)O. The van der Waals surface area contributed by atoms with Crippen molar-refractivity contribution in [3.05, 3.63) is 0 Å². The Morgan fingerprint density at radius 3 is 2.75 bits per heavy atom. The summed E-state index contributed by atoms with van der Waals surface area (Å²) in [6.07, 6.45) is 4.79. The third-order valence-electron chi connectivity index (χ3n) is 3.46. The zero-order valence-electron chi connectivity index (χ0n) is 12.3. The van der Waals surface area contributed by atoms with E-state index in [-0.39, 0.29) is 18.6 Å². The van der Waals surface area contributed by atoms with Gasteiger partial charge in [-0.1, -0.05) is 6.42 Å². The van der Waals surface area contributed by atoms with E-state index in [4.69, 9.17) is 9.84 Å². The Hall–Kier alpha value is -1.30. The predicted octanol–water partition coefficient (Wildman–Crippen LogP) is 1.84. The van der Waals surface area contributed by atoms with E-state index in [1.54, 1.807) is 4.90 Å². The number of rotatable bonds is 9. The predicted molar refractivity (Wildman–Crippen MR) is 75.7 cm³/mol. The summed E-state index contributed by atoms with van der Waals surface area (Å²) in [5.41, 5.74) is 0. The van der Waals surface area contributed by atoms with Crippen LogP contribution in [0, 0.1) is 0 Å². The summed E-state index contributed by atoms with van der Waals surface area (Å²) in [5.74, 6) is -0.761. The lowest BCUT2D eigenvalue weighted by Crippen LogP contribution is -2.43. The molecule has 2 N–H and O–H groups in total. The van der Waals surface area contributed by atoms with Gasteiger partial charge in [-0.25, -0.2) is 4.79 Å². The van der Waals surface area contributed by atoms with E-state index in [1.807, 2.05) is 6.92 Å². The van der Waals surface area contributed by atoms with Crippen molar-refractivity contribution in [3.63, 3.8) is 0 Å². The molecule has 1 heterocycles. The Morgan fingerprint density at radius 2 is 2.15 bits per heavy atom. The van der Waals surface area contributed by atoms with E-state index in [0.29, 0.717) is 26.1 Å². The summed E-state index contributed by atoms with van der Waals surface area (Å²) in [6.45, 7) is 4.68. The van der Waals surface area contributed by atoms with Crippen LogP contribution in [0.4, 0.5) is 4.79 Å². The van der Waals surface area contributed by atoms with Crippen LogP contribution in [0.5, 0.6) is 0 Å². The number of ether oxygens (including phenoxy) is 1. The fraction of sp³-hybridized carbons (Fsp3) is 0.857. The monoisotopic (exact) mass is 286 g/mol. The van der Waals surface area contributed by atoms with E-state index in [2.05, 4.69) is 5.32 Å². The topological polar surface area (TPSA) is 78.9 Å². The Labute approximate surface area is 120 Å². The minimum absolute atomic E-state index is 0.0544. The maximum Gasteiger partial charge on any atom is 0.317 e. The highest BCUT2D eigenvalue weighted by molar-refractivity contribution is 5.74. The average molecular weight is 286 g/mol. The molecule has 1 rings (SSSR count). The first-order valence-electron chi connectivity index (χ1n) is 7.49. The zero-order chi connectivity index (χ0) is 14.8. The van der Waals surface area contributed by atoms with Gasteiger partial charge in [0.25, 0.3) is 0 Å². The summed E-state index contributed by atoms with van der Waals surface area (Å²) < 4.78 is 5.54. The van der Waals surface area contributed by atoms with E-state index in [0.717, 1.165) is 32.3 Å². The van der Waals surface area contributed by atoms with Gasteiger partial charge in [-0.15, -0.1) is 0 Å². The maximum absolute atomic E-state index is 12.0. The number of nitrogens with one attached hydrogen (secondary N) is 1. The lowest BCUT2D eigenvalue weighted by Gasteiger charge is -2.24. The molecule has 20 heavy (non-hydrogen) atoms. The molecule has 0 aromatic heterocycles. The Bertz CT molecular complexity index is 304. The first-order valence-corrected chi connectivity index (χ1v) is 7.49. The van der Waals surface area contributed by atoms with Crippen molar-refractivity contribution in [1.82, 2.24) is 10.2 Å². The molecule has 2 amide bonds. The van der Waals surface area contributed by atoms with E-state index >= 15 is 0 Å². The Morgan fingerprint density at radius 1 is 1.35 bits per heavy atom. The second-order valence-electron chi connectivity index (χ2n) is 5.11. The number of carbonyl (C=O) groups is 2. The van der Waals surface area contributed by atoms with Crippen LogP contribution in [0.25, 0.3) is 0 Å². The smallest absolute Gasteiger partial charge is 0.317 e. The molecular formula is C14H26N2O4. The average Bonchev–Trinajstić information content (AvgIpc) is 2.92. The van der Waals surface area contributed by atoms with Gasteiger partial charge in [0.15, 0.2) is 0 Å². The van der Waals surface area contributed by atoms with Crippen molar-refractivity contribution < 1.29 is 19.4 Å². The molecule has 0 aliphatic carbocycles. The van der Waals surface area contributed by atoms with E-state index < -0.39 is 5.97 Å². The molecule has 0 aromatic rings. The number of unbranched alkanes of at least 4 members (excludes halogenated alkanes) is 2. The lowest BCUT2D eigenvalue weighted by molar-refractivity contribution is -0.137. The minimum Gasteiger partial charge on any atom is -0.481 e.